The van der Waals surface area contributed by atoms with Crippen molar-refractivity contribution in [2.45, 2.75) is 69.1 Å². The van der Waals surface area contributed by atoms with Gasteiger partial charge in [0, 0.05) is 29.8 Å². The molecule has 2 aromatic carbocycles. The molecule has 46 heavy (non-hydrogen) atoms. The minimum Gasteiger partial charge on any atom is -0.366 e. The van der Waals surface area contributed by atoms with Crippen LogP contribution in [0.5, 0.6) is 0 Å². The highest BCUT2D eigenvalue weighted by molar-refractivity contribution is 6.02. The van der Waals surface area contributed by atoms with E-state index in [9.17, 15) is 44.7 Å². The molecule has 1 aromatic heterocycles. The van der Waals surface area contributed by atoms with E-state index < -0.39 is 88.3 Å². The number of rotatable bonds is 8. The molecular formula is C31H27F8N5O2. The molecule has 2 amide bonds. The maximum Gasteiger partial charge on any atom is 0.435 e. The van der Waals surface area contributed by atoms with Gasteiger partial charge in [-0.1, -0.05) is 12.1 Å². The molecule has 2 atom stereocenters. The van der Waals surface area contributed by atoms with E-state index in [1.165, 1.54) is 18.3 Å². The van der Waals surface area contributed by atoms with E-state index in [0.29, 0.717) is 16.3 Å². The van der Waals surface area contributed by atoms with Crippen LogP contribution >= 0.6 is 0 Å². The van der Waals surface area contributed by atoms with Crippen molar-refractivity contribution < 1.29 is 44.7 Å². The number of nitrogens with one attached hydrogen (secondary N) is 1. The van der Waals surface area contributed by atoms with Crippen LogP contribution < -0.4 is 11.1 Å². The van der Waals surface area contributed by atoms with Gasteiger partial charge >= 0.3 is 6.18 Å². The van der Waals surface area contributed by atoms with Crippen molar-refractivity contribution in [3.05, 3.63) is 99.8 Å². The van der Waals surface area contributed by atoms with Gasteiger partial charge in [0.05, 0.1) is 22.9 Å². The molecule has 7 nitrogen and oxygen atoms in total. The molecule has 0 saturated heterocycles. The second-order valence-electron chi connectivity index (χ2n) is 11.5. The second kappa shape index (κ2) is 12.0. The van der Waals surface area contributed by atoms with E-state index in [4.69, 9.17) is 5.73 Å². The molecule has 1 aliphatic carbocycles. The number of halogens is 8. The van der Waals surface area contributed by atoms with Crippen molar-refractivity contribution in [3.63, 3.8) is 0 Å². The highest BCUT2D eigenvalue weighted by atomic mass is 19.4. The van der Waals surface area contributed by atoms with E-state index in [2.05, 4.69) is 15.4 Å². The fraction of sp³-hybridized carbons (Fsp3) is 0.355. The topological polar surface area (TPSA) is 102 Å². The molecule has 0 saturated carbocycles. The molecule has 5 rings (SSSR count). The fourth-order valence-corrected chi connectivity index (χ4v) is 6.09. The lowest BCUT2D eigenvalue weighted by molar-refractivity contribution is -0.146. The van der Waals surface area contributed by atoms with Crippen molar-refractivity contribution >= 4 is 17.5 Å². The number of aliphatic imine (C=N–C) groups is 1. The van der Waals surface area contributed by atoms with Gasteiger partial charge in [-0.25, -0.2) is 22.0 Å². The molecule has 0 radical (unpaired) electrons. The number of amides is 2. The SMILES string of the molecule is C[C@@]1(c2ccc(F)c(C(N)=O)c2)CC=CN=C1[C@H](Cc1cc(F)cc(F)c1)NC(=O)Cn1nc(C(F)(F)F)c2c1CCCC2(F)F. The number of hydrogen-bond donors (Lipinski definition) is 2. The summed E-state index contributed by atoms with van der Waals surface area (Å²) in [6, 6.07) is 5.13. The Morgan fingerprint density at radius 3 is 2.43 bits per heavy atom. The van der Waals surface area contributed by atoms with Gasteiger partial charge in [-0.15, -0.1) is 0 Å². The molecule has 0 unspecified atom stereocenters. The number of hydrogen-bond acceptors (Lipinski definition) is 4. The molecule has 0 spiro atoms. The first kappa shape index (κ1) is 32.8. The number of alkyl halides is 5. The Bertz CT molecular complexity index is 1740. The van der Waals surface area contributed by atoms with E-state index in [1.807, 2.05) is 0 Å². The summed E-state index contributed by atoms with van der Waals surface area (Å²) in [7, 11) is 0. The summed E-state index contributed by atoms with van der Waals surface area (Å²) in [5.74, 6) is -8.51. The molecule has 0 fully saturated rings. The molecule has 3 aromatic rings. The first-order valence-electron chi connectivity index (χ1n) is 14.1. The highest BCUT2D eigenvalue weighted by Gasteiger charge is 2.50. The minimum absolute atomic E-state index is 0.0785. The first-order chi connectivity index (χ1) is 21.5. The molecule has 1 aliphatic heterocycles. The zero-order valence-electron chi connectivity index (χ0n) is 24.2. The summed E-state index contributed by atoms with van der Waals surface area (Å²) < 4.78 is 114. The Labute approximate surface area is 257 Å². The Balaban J connectivity index is 1.54. The molecule has 3 N–H and O–H groups in total. The monoisotopic (exact) mass is 653 g/mol. The number of nitrogens with two attached hydrogens (primary N) is 1. The van der Waals surface area contributed by atoms with E-state index >= 15 is 0 Å². The zero-order chi connectivity index (χ0) is 33.6. The van der Waals surface area contributed by atoms with E-state index in [0.717, 1.165) is 18.2 Å². The Kier molecular flexibility index (Phi) is 8.55. The van der Waals surface area contributed by atoms with Crippen molar-refractivity contribution in [1.82, 2.24) is 15.1 Å². The summed E-state index contributed by atoms with van der Waals surface area (Å²) >= 11 is 0. The lowest BCUT2D eigenvalue weighted by atomic mass is 9.70. The van der Waals surface area contributed by atoms with Crippen LogP contribution in [0.25, 0.3) is 0 Å². The van der Waals surface area contributed by atoms with Crippen molar-refractivity contribution in [3.8, 4) is 0 Å². The average molecular weight is 654 g/mol. The number of allylic oxidation sites excluding steroid dienone is 1. The number of aromatic nitrogens is 2. The molecular weight excluding hydrogens is 626 g/mol. The van der Waals surface area contributed by atoms with Gasteiger partial charge in [0.1, 0.15) is 24.0 Å². The second-order valence-corrected chi connectivity index (χ2v) is 11.5. The fourth-order valence-electron chi connectivity index (χ4n) is 6.09. The van der Waals surface area contributed by atoms with Gasteiger partial charge in [-0.05, 0) is 68.0 Å². The third kappa shape index (κ3) is 6.40. The molecule has 244 valence electrons. The number of nitrogens with zero attached hydrogens (tertiary/aromatic N) is 3. The van der Waals surface area contributed by atoms with Gasteiger partial charge in [0.25, 0.3) is 11.8 Å². The Hall–Kier alpha value is -4.56. The predicted molar refractivity (Wildman–Crippen MR) is 150 cm³/mol. The normalized spacial score (nSPS) is 19.7. The van der Waals surface area contributed by atoms with Gasteiger partial charge < -0.3 is 11.1 Å². The summed E-state index contributed by atoms with van der Waals surface area (Å²) in [6.45, 7) is 0.783. The van der Waals surface area contributed by atoms with Crippen LogP contribution in [-0.4, -0.2) is 33.3 Å². The smallest absolute Gasteiger partial charge is 0.366 e. The Morgan fingerprint density at radius 1 is 1.09 bits per heavy atom. The van der Waals surface area contributed by atoms with Gasteiger partial charge in [0.15, 0.2) is 5.69 Å². The molecule has 0 bridgehead atoms. The number of benzene rings is 2. The van der Waals surface area contributed by atoms with Crippen molar-refractivity contribution in [2.24, 2.45) is 10.7 Å². The van der Waals surface area contributed by atoms with Crippen LogP contribution in [0.1, 0.15) is 64.6 Å². The molecule has 15 heteroatoms. The van der Waals surface area contributed by atoms with Crippen LogP contribution in [0.3, 0.4) is 0 Å². The predicted octanol–water partition coefficient (Wildman–Crippen LogP) is 5.89. The van der Waals surface area contributed by atoms with Gasteiger partial charge in [0.2, 0.25) is 5.91 Å². The lowest BCUT2D eigenvalue weighted by Crippen LogP contribution is -2.51. The summed E-state index contributed by atoms with van der Waals surface area (Å²) in [5.41, 5.74) is 0.932. The minimum atomic E-state index is -5.21. The third-order valence-corrected chi connectivity index (χ3v) is 8.20. The maximum absolute atomic E-state index is 14.7. The van der Waals surface area contributed by atoms with E-state index in [1.54, 1.807) is 13.0 Å². The summed E-state index contributed by atoms with van der Waals surface area (Å²) in [5, 5.41) is 6.00. The van der Waals surface area contributed by atoms with Crippen LogP contribution in [0.2, 0.25) is 0 Å². The van der Waals surface area contributed by atoms with Gasteiger partial charge in [-0.3, -0.25) is 19.3 Å². The molecule has 2 aliphatic rings. The van der Waals surface area contributed by atoms with E-state index in [-0.39, 0.29) is 37.0 Å². The van der Waals surface area contributed by atoms with Crippen LogP contribution in [0.4, 0.5) is 35.1 Å². The van der Waals surface area contributed by atoms with Crippen LogP contribution in [0.15, 0.2) is 53.7 Å². The maximum atomic E-state index is 14.7. The average Bonchev–Trinajstić information content (AvgIpc) is 3.32. The van der Waals surface area contributed by atoms with Crippen molar-refractivity contribution in [2.75, 3.05) is 0 Å². The summed E-state index contributed by atoms with van der Waals surface area (Å²) in [4.78, 5) is 29.8. The van der Waals surface area contributed by atoms with Crippen LogP contribution in [0, 0.1) is 17.5 Å². The quantitative estimate of drug-likeness (QED) is 0.297. The van der Waals surface area contributed by atoms with Crippen LogP contribution in [-0.2, 0) is 41.7 Å². The van der Waals surface area contributed by atoms with Crippen molar-refractivity contribution in [1.29, 1.82) is 0 Å². The largest absolute Gasteiger partial charge is 0.435 e. The highest BCUT2D eigenvalue weighted by Crippen LogP contribution is 2.46. The Morgan fingerprint density at radius 2 is 1.78 bits per heavy atom. The standard InChI is InChI=1S/C31H27F8N5O2/c1-29(17-5-6-21(34)20(13-17)28(40)46)7-3-9-41-26(29)22(12-16-10-18(32)14-19(33)11-16)42-24(45)15-44-23-4-2-8-30(35,36)25(23)27(43-44)31(37,38)39/h3,5-6,9-11,13-14,22H,2,4,7-8,12,15H2,1H3,(H2,40,46)(H,42,45)/t22-,29-/m0/s1. The third-order valence-electron chi connectivity index (χ3n) is 8.20. The number of carbonyl (C=O) groups is 2. The first-order valence-corrected chi connectivity index (χ1v) is 14.1. The number of primary amides is 1. The molecule has 2 heterocycles. The zero-order valence-corrected chi connectivity index (χ0v) is 24.2. The lowest BCUT2D eigenvalue weighted by Gasteiger charge is -2.37. The number of carbonyl (C=O) groups excluding carboxylic acids is 2. The summed E-state index contributed by atoms with van der Waals surface area (Å²) in [6.07, 6.45) is -3.32. The number of fused-ring (bicyclic) bond motifs is 1. The van der Waals surface area contributed by atoms with Gasteiger partial charge in [-0.2, -0.15) is 18.3 Å².